The largest absolute Gasteiger partial charge is 0.310 e. The number of pyridine rings is 1. The minimum Gasteiger partial charge on any atom is -0.310 e. The first kappa shape index (κ1) is 27.3. The van der Waals surface area contributed by atoms with Crippen molar-refractivity contribution in [3.63, 3.8) is 0 Å². The zero-order chi connectivity index (χ0) is 31.2. The maximum Gasteiger partial charge on any atom is 0.137 e. The molecular weight excluding hydrogens is 591 g/mol. The van der Waals surface area contributed by atoms with E-state index >= 15 is 0 Å². The van der Waals surface area contributed by atoms with E-state index in [0.717, 1.165) is 34.3 Å². The molecular formula is C43H29N3S. The lowest BCUT2D eigenvalue weighted by Gasteiger charge is -2.29. The third-order valence-electron chi connectivity index (χ3n) is 8.83. The standard InChI is InChI=1S/C43H29N3S/c1-3-12-32(13-4-1)45(34-16-11-17-35(27-34)46(33-14-5-2-6-15-33)43-20-9-10-25-44-43)36-24-23-30-21-22-31-26-42-40(29-39(31)38(30)28-36)37-18-7-8-19-41(37)47-42/h1-29H. The predicted octanol–water partition coefficient (Wildman–Crippen LogP) is 12.7. The Kier molecular flexibility index (Phi) is 6.65. The molecule has 0 aliphatic carbocycles. The van der Waals surface area contributed by atoms with Crippen LogP contribution in [0.3, 0.4) is 0 Å². The molecule has 0 aliphatic rings. The van der Waals surface area contributed by atoms with Crippen LogP contribution in [0.25, 0.3) is 41.7 Å². The highest BCUT2D eigenvalue weighted by atomic mass is 32.1. The van der Waals surface area contributed by atoms with E-state index in [2.05, 4.69) is 161 Å². The number of para-hydroxylation sites is 2. The molecule has 222 valence electrons. The van der Waals surface area contributed by atoms with Crippen molar-refractivity contribution in [3.8, 4) is 0 Å². The van der Waals surface area contributed by atoms with Crippen LogP contribution in [-0.2, 0) is 0 Å². The third-order valence-corrected chi connectivity index (χ3v) is 9.96. The minimum absolute atomic E-state index is 0.867. The van der Waals surface area contributed by atoms with Crippen molar-refractivity contribution < 1.29 is 0 Å². The number of thiophene rings is 1. The fourth-order valence-electron chi connectivity index (χ4n) is 6.67. The van der Waals surface area contributed by atoms with Gasteiger partial charge in [-0.15, -0.1) is 11.3 Å². The molecule has 0 unspecified atom stereocenters. The monoisotopic (exact) mass is 619 g/mol. The molecule has 47 heavy (non-hydrogen) atoms. The van der Waals surface area contributed by atoms with E-state index in [1.165, 1.54) is 41.7 Å². The first-order valence-electron chi connectivity index (χ1n) is 15.8. The number of hydrogen-bond donors (Lipinski definition) is 0. The number of aromatic nitrogens is 1. The molecule has 0 saturated heterocycles. The summed E-state index contributed by atoms with van der Waals surface area (Å²) in [5, 5.41) is 7.64. The van der Waals surface area contributed by atoms with Crippen LogP contribution in [0.1, 0.15) is 0 Å². The second kappa shape index (κ2) is 11.4. The van der Waals surface area contributed by atoms with Gasteiger partial charge < -0.3 is 4.90 Å². The average Bonchev–Trinajstić information content (AvgIpc) is 3.50. The number of anilines is 6. The Morgan fingerprint density at radius 1 is 0.362 bits per heavy atom. The highest BCUT2D eigenvalue weighted by Gasteiger charge is 2.18. The van der Waals surface area contributed by atoms with Crippen molar-refractivity contribution in [2.24, 2.45) is 0 Å². The summed E-state index contributed by atoms with van der Waals surface area (Å²) in [6.45, 7) is 0. The Balaban J connectivity index is 1.24. The van der Waals surface area contributed by atoms with Gasteiger partial charge in [0.1, 0.15) is 5.82 Å². The van der Waals surface area contributed by atoms with E-state index in [1.807, 2.05) is 35.7 Å². The maximum atomic E-state index is 4.74. The number of fused-ring (bicyclic) bond motifs is 6. The van der Waals surface area contributed by atoms with E-state index in [1.54, 1.807) is 0 Å². The summed E-state index contributed by atoms with van der Waals surface area (Å²) in [4.78, 5) is 9.29. The van der Waals surface area contributed by atoms with Crippen LogP contribution in [0, 0.1) is 0 Å². The molecule has 4 heteroatoms. The second-order valence-corrected chi connectivity index (χ2v) is 12.8. The number of rotatable bonds is 6. The molecule has 0 bridgehead atoms. The molecule has 0 saturated carbocycles. The van der Waals surface area contributed by atoms with Gasteiger partial charge in [-0.05, 0) is 106 Å². The average molecular weight is 620 g/mol. The van der Waals surface area contributed by atoms with Crippen LogP contribution in [0.5, 0.6) is 0 Å². The van der Waals surface area contributed by atoms with Gasteiger partial charge in [-0.3, -0.25) is 4.90 Å². The molecule has 3 nitrogen and oxygen atoms in total. The van der Waals surface area contributed by atoms with Gasteiger partial charge in [0.25, 0.3) is 0 Å². The number of nitrogens with zero attached hydrogens (tertiary/aromatic N) is 3. The van der Waals surface area contributed by atoms with E-state index in [0.29, 0.717) is 0 Å². The highest BCUT2D eigenvalue weighted by Crippen LogP contribution is 2.42. The fourth-order valence-corrected chi connectivity index (χ4v) is 7.81. The summed E-state index contributed by atoms with van der Waals surface area (Å²) in [5.41, 5.74) is 5.36. The lowest BCUT2D eigenvalue weighted by Crippen LogP contribution is -2.13. The lowest BCUT2D eigenvalue weighted by atomic mass is 9.99. The van der Waals surface area contributed by atoms with Gasteiger partial charge in [-0.1, -0.05) is 84.9 Å². The molecule has 0 radical (unpaired) electrons. The van der Waals surface area contributed by atoms with Gasteiger partial charge in [0.2, 0.25) is 0 Å². The Morgan fingerprint density at radius 2 is 0.979 bits per heavy atom. The van der Waals surface area contributed by atoms with Crippen LogP contribution in [-0.4, -0.2) is 4.98 Å². The summed E-state index contributed by atoms with van der Waals surface area (Å²) >= 11 is 1.87. The molecule has 0 N–H and O–H groups in total. The van der Waals surface area contributed by atoms with Crippen molar-refractivity contribution in [2.75, 3.05) is 9.80 Å². The van der Waals surface area contributed by atoms with E-state index in [-0.39, 0.29) is 0 Å². The van der Waals surface area contributed by atoms with Gasteiger partial charge in [0, 0.05) is 54.8 Å². The maximum absolute atomic E-state index is 4.74. The third kappa shape index (κ3) is 4.87. The predicted molar refractivity (Wildman–Crippen MR) is 202 cm³/mol. The molecule has 0 amide bonds. The molecule has 0 aliphatic heterocycles. The van der Waals surface area contributed by atoms with Gasteiger partial charge in [-0.25, -0.2) is 4.98 Å². The smallest absolute Gasteiger partial charge is 0.137 e. The molecule has 0 atom stereocenters. The Hall–Kier alpha value is -5.97. The minimum atomic E-state index is 0.867. The Morgan fingerprint density at radius 3 is 1.77 bits per heavy atom. The molecule has 9 rings (SSSR count). The normalized spacial score (nSPS) is 11.4. The van der Waals surface area contributed by atoms with Crippen molar-refractivity contribution in [3.05, 3.63) is 176 Å². The first-order valence-corrected chi connectivity index (χ1v) is 16.6. The SMILES string of the molecule is c1ccc(N(c2cccc(N(c3ccccc3)c3ccccn3)c2)c2ccc3ccc4cc5sc6ccccc6c5cc4c3c2)cc1. The van der Waals surface area contributed by atoms with Gasteiger partial charge in [0.05, 0.1) is 0 Å². The van der Waals surface area contributed by atoms with E-state index < -0.39 is 0 Å². The van der Waals surface area contributed by atoms with Crippen molar-refractivity contribution in [1.82, 2.24) is 4.98 Å². The summed E-state index contributed by atoms with van der Waals surface area (Å²) in [6, 6.07) is 60.6. The van der Waals surface area contributed by atoms with Crippen molar-refractivity contribution >= 4 is 87.3 Å². The van der Waals surface area contributed by atoms with Crippen LogP contribution in [0.15, 0.2) is 176 Å². The molecule has 0 spiro atoms. The van der Waals surface area contributed by atoms with Crippen LogP contribution in [0.4, 0.5) is 34.3 Å². The summed E-state index contributed by atoms with van der Waals surface area (Å²) < 4.78 is 2.65. The lowest BCUT2D eigenvalue weighted by molar-refractivity contribution is 1.17. The van der Waals surface area contributed by atoms with Gasteiger partial charge in [-0.2, -0.15) is 0 Å². The first-order chi connectivity index (χ1) is 23.3. The van der Waals surface area contributed by atoms with Gasteiger partial charge >= 0.3 is 0 Å². The quantitative estimate of drug-likeness (QED) is 0.173. The second-order valence-electron chi connectivity index (χ2n) is 11.7. The van der Waals surface area contributed by atoms with Crippen LogP contribution in [0.2, 0.25) is 0 Å². The Bertz CT molecular complexity index is 2490. The van der Waals surface area contributed by atoms with Crippen LogP contribution < -0.4 is 9.80 Å². The zero-order valence-electron chi connectivity index (χ0n) is 25.5. The van der Waals surface area contributed by atoms with Gasteiger partial charge in [0.15, 0.2) is 0 Å². The molecule has 2 heterocycles. The molecule has 9 aromatic rings. The summed E-state index contributed by atoms with van der Waals surface area (Å²) in [6.07, 6.45) is 1.84. The number of hydrogen-bond acceptors (Lipinski definition) is 4. The molecule has 7 aromatic carbocycles. The number of benzene rings is 7. The zero-order valence-corrected chi connectivity index (χ0v) is 26.3. The van der Waals surface area contributed by atoms with Crippen LogP contribution >= 0.6 is 11.3 Å². The van der Waals surface area contributed by atoms with E-state index in [9.17, 15) is 0 Å². The summed E-state index contributed by atoms with van der Waals surface area (Å²) in [5.74, 6) is 0.867. The topological polar surface area (TPSA) is 19.4 Å². The van der Waals surface area contributed by atoms with Crippen molar-refractivity contribution in [2.45, 2.75) is 0 Å². The highest BCUT2D eigenvalue weighted by molar-refractivity contribution is 7.25. The Labute approximate surface area is 277 Å². The van der Waals surface area contributed by atoms with E-state index in [4.69, 9.17) is 4.98 Å². The molecule has 2 aromatic heterocycles. The fraction of sp³-hybridized carbons (Fsp3) is 0. The summed E-state index contributed by atoms with van der Waals surface area (Å²) in [7, 11) is 0. The molecule has 0 fully saturated rings. The van der Waals surface area contributed by atoms with Crippen molar-refractivity contribution in [1.29, 1.82) is 0 Å².